The molecule has 1 saturated heterocycles. The van der Waals surface area contributed by atoms with Crippen molar-refractivity contribution in [1.29, 1.82) is 0 Å². The van der Waals surface area contributed by atoms with Crippen molar-refractivity contribution in [2.24, 2.45) is 0 Å². The van der Waals surface area contributed by atoms with Crippen molar-refractivity contribution in [3.8, 4) is 11.1 Å². The first-order chi connectivity index (χ1) is 11.6. The Balaban J connectivity index is 1.72. The first-order valence-electron chi connectivity index (χ1n) is 8.48. The van der Waals surface area contributed by atoms with Gasteiger partial charge in [-0.25, -0.2) is 4.79 Å². The Morgan fingerprint density at radius 2 is 1.79 bits per heavy atom. The van der Waals surface area contributed by atoms with Gasteiger partial charge in [-0.1, -0.05) is 48.5 Å². The second-order valence-electron chi connectivity index (χ2n) is 6.59. The zero-order valence-corrected chi connectivity index (χ0v) is 14.5. The molecular formula is C20H25N3O. The summed E-state index contributed by atoms with van der Waals surface area (Å²) in [7, 11) is 4.15. The van der Waals surface area contributed by atoms with Crippen molar-refractivity contribution >= 4 is 6.03 Å². The van der Waals surface area contributed by atoms with Crippen molar-refractivity contribution in [3.05, 3.63) is 59.7 Å². The van der Waals surface area contributed by atoms with Crippen LogP contribution >= 0.6 is 0 Å². The zero-order chi connectivity index (χ0) is 16.9. The summed E-state index contributed by atoms with van der Waals surface area (Å²) in [6.07, 6.45) is 1.11. The van der Waals surface area contributed by atoms with Gasteiger partial charge in [0.05, 0.1) is 0 Å². The van der Waals surface area contributed by atoms with Crippen molar-refractivity contribution in [1.82, 2.24) is 15.1 Å². The zero-order valence-electron chi connectivity index (χ0n) is 14.5. The summed E-state index contributed by atoms with van der Waals surface area (Å²) in [5.74, 6) is 0. The highest BCUT2D eigenvalue weighted by Gasteiger charge is 2.19. The highest BCUT2D eigenvalue weighted by atomic mass is 16.2. The average Bonchev–Trinajstić information content (AvgIpc) is 2.52. The second-order valence-corrected chi connectivity index (χ2v) is 6.59. The van der Waals surface area contributed by atoms with E-state index in [0.29, 0.717) is 6.54 Å². The molecule has 0 bridgehead atoms. The Kier molecular flexibility index (Phi) is 5.16. The molecule has 0 radical (unpaired) electrons. The lowest BCUT2D eigenvalue weighted by atomic mass is 9.98. The first-order valence-corrected chi connectivity index (χ1v) is 8.48. The number of nitrogens with one attached hydrogen (secondary N) is 1. The monoisotopic (exact) mass is 323 g/mol. The fourth-order valence-corrected chi connectivity index (χ4v) is 2.91. The number of likely N-dealkylation sites (tertiary alicyclic amines) is 1. The van der Waals surface area contributed by atoms with E-state index < -0.39 is 0 Å². The van der Waals surface area contributed by atoms with Crippen molar-refractivity contribution in [3.63, 3.8) is 0 Å². The molecule has 1 fully saturated rings. The van der Waals surface area contributed by atoms with Crippen LogP contribution in [-0.2, 0) is 13.1 Å². The summed E-state index contributed by atoms with van der Waals surface area (Å²) >= 11 is 0. The quantitative estimate of drug-likeness (QED) is 0.916. The minimum absolute atomic E-state index is 0.0392. The van der Waals surface area contributed by atoms with Crippen LogP contribution in [0.3, 0.4) is 0 Å². The van der Waals surface area contributed by atoms with Crippen molar-refractivity contribution in [2.45, 2.75) is 19.5 Å². The number of carbonyl (C=O) groups is 1. The topological polar surface area (TPSA) is 35.6 Å². The maximum Gasteiger partial charge on any atom is 0.317 e. The number of urea groups is 1. The lowest BCUT2D eigenvalue weighted by Crippen LogP contribution is -2.47. The summed E-state index contributed by atoms with van der Waals surface area (Å²) in [6.45, 7) is 3.25. The predicted octanol–water partition coefficient (Wildman–Crippen LogP) is 3.33. The molecule has 0 aliphatic carbocycles. The number of benzene rings is 2. The van der Waals surface area contributed by atoms with Gasteiger partial charge in [0.1, 0.15) is 0 Å². The van der Waals surface area contributed by atoms with Crippen LogP contribution in [0.2, 0.25) is 0 Å². The van der Waals surface area contributed by atoms with Crippen LogP contribution in [0.15, 0.2) is 48.5 Å². The van der Waals surface area contributed by atoms with Crippen LogP contribution in [0.1, 0.15) is 17.5 Å². The second kappa shape index (κ2) is 7.49. The van der Waals surface area contributed by atoms with Crippen LogP contribution in [0.5, 0.6) is 0 Å². The number of hydrogen-bond donors (Lipinski definition) is 1. The Labute approximate surface area is 144 Å². The fraction of sp³-hybridized carbons (Fsp3) is 0.350. The van der Waals surface area contributed by atoms with Crippen LogP contribution in [-0.4, -0.2) is 43.0 Å². The summed E-state index contributed by atoms with van der Waals surface area (Å²) in [4.78, 5) is 16.0. The first kappa shape index (κ1) is 16.5. The van der Waals surface area contributed by atoms with E-state index in [1.165, 1.54) is 16.7 Å². The maximum absolute atomic E-state index is 12.0. The third-order valence-corrected chi connectivity index (χ3v) is 4.35. The van der Waals surface area contributed by atoms with Gasteiger partial charge in [-0.15, -0.1) is 0 Å². The van der Waals surface area contributed by atoms with E-state index in [-0.39, 0.29) is 6.03 Å². The number of rotatable bonds is 5. The summed E-state index contributed by atoms with van der Waals surface area (Å²) in [6, 6.07) is 17.0. The van der Waals surface area contributed by atoms with Gasteiger partial charge < -0.3 is 15.1 Å². The third kappa shape index (κ3) is 3.95. The molecule has 2 aromatic carbocycles. The standard InChI is InChI=1S/C20H25N3O/c1-22(2)15-16-8-10-17(11-9-16)19-7-4-3-6-18(19)14-21-20(24)23-12-5-13-23/h3-4,6-11H,5,12-15H2,1-2H3,(H,21,24). The fourth-order valence-electron chi connectivity index (χ4n) is 2.91. The molecule has 0 aromatic heterocycles. The number of amides is 2. The maximum atomic E-state index is 12.0. The van der Waals surface area contributed by atoms with Gasteiger partial charge in [-0.3, -0.25) is 0 Å². The Morgan fingerprint density at radius 3 is 2.42 bits per heavy atom. The largest absolute Gasteiger partial charge is 0.334 e. The van der Waals surface area contributed by atoms with E-state index in [4.69, 9.17) is 0 Å². The third-order valence-electron chi connectivity index (χ3n) is 4.35. The molecule has 4 heteroatoms. The molecule has 126 valence electrons. The van der Waals surface area contributed by atoms with Gasteiger partial charge in [0.2, 0.25) is 0 Å². The lowest BCUT2D eigenvalue weighted by Gasteiger charge is -2.30. The van der Waals surface area contributed by atoms with E-state index in [9.17, 15) is 4.79 Å². The molecule has 2 aromatic rings. The van der Waals surface area contributed by atoms with Crippen molar-refractivity contribution in [2.75, 3.05) is 27.2 Å². The molecule has 3 rings (SSSR count). The van der Waals surface area contributed by atoms with E-state index in [1.54, 1.807) is 0 Å². The average molecular weight is 323 g/mol. The van der Waals surface area contributed by atoms with E-state index in [2.05, 4.69) is 60.7 Å². The van der Waals surface area contributed by atoms with Gasteiger partial charge in [0.25, 0.3) is 0 Å². The molecule has 0 unspecified atom stereocenters. The van der Waals surface area contributed by atoms with Gasteiger partial charge in [0, 0.05) is 26.2 Å². The number of hydrogen-bond acceptors (Lipinski definition) is 2. The summed E-state index contributed by atoms with van der Waals surface area (Å²) in [5.41, 5.74) is 4.81. The van der Waals surface area contributed by atoms with Gasteiger partial charge in [-0.2, -0.15) is 0 Å². The highest BCUT2D eigenvalue weighted by molar-refractivity contribution is 5.75. The summed E-state index contributed by atoms with van der Waals surface area (Å²) < 4.78 is 0. The minimum atomic E-state index is 0.0392. The van der Waals surface area contributed by atoms with Crippen molar-refractivity contribution < 1.29 is 4.79 Å². The van der Waals surface area contributed by atoms with E-state index in [1.807, 2.05) is 17.0 Å². The van der Waals surface area contributed by atoms with Gasteiger partial charge in [-0.05, 0) is 42.8 Å². The number of nitrogens with zero attached hydrogens (tertiary/aromatic N) is 2. The molecule has 1 aliphatic rings. The molecule has 0 spiro atoms. The van der Waals surface area contributed by atoms with E-state index in [0.717, 1.165) is 31.6 Å². The van der Waals surface area contributed by atoms with Crippen LogP contribution in [0.4, 0.5) is 4.79 Å². The van der Waals surface area contributed by atoms with Gasteiger partial charge >= 0.3 is 6.03 Å². The molecule has 1 N–H and O–H groups in total. The Morgan fingerprint density at radius 1 is 1.08 bits per heavy atom. The molecular weight excluding hydrogens is 298 g/mol. The van der Waals surface area contributed by atoms with Crippen LogP contribution in [0.25, 0.3) is 11.1 Å². The van der Waals surface area contributed by atoms with Gasteiger partial charge in [0.15, 0.2) is 0 Å². The molecule has 0 atom stereocenters. The van der Waals surface area contributed by atoms with Crippen LogP contribution in [0, 0.1) is 0 Å². The summed E-state index contributed by atoms with van der Waals surface area (Å²) in [5, 5.41) is 3.03. The molecule has 1 heterocycles. The van der Waals surface area contributed by atoms with Crippen LogP contribution < -0.4 is 5.32 Å². The smallest absolute Gasteiger partial charge is 0.317 e. The molecule has 0 saturated carbocycles. The number of carbonyl (C=O) groups excluding carboxylic acids is 1. The molecule has 24 heavy (non-hydrogen) atoms. The molecule has 2 amide bonds. The SMILES string of the molecule is CN(C)Cc1ccc(-c2ccccc2CNC(=O)N2CCC2)cc1. The Bertz CT molecular complexity index is 690. The van der Waals surface area contributed by atoms with E-state index >= 15 is 0 Å². The normalized spacial score (nSPS) is 13.7. The highest BCUT2D eigenvalue weighted by Crippen LogP contribution is 2.24. The lowest BCUT2D eigenvalue weighted by molar-refractivity contribution is 0.167. The minimum Gasteiger partial charge on any atom is -0.334 e. The molecule has 1 aliphatic heterocycles. The Hall–Kier alpha value is -2.33. The predicted molar refractivity (Wildman–Crippen MR) is 97.7 cm³/mol. The molecule has 4 nitrogen and oxygen atoms in total.